The van der Waals surface area contributed by atoms with Crippen LogP contribution in [0.1, 0.15) is 205 Å². The normalized spacial score (nSPS) is 32.1. The molecular formula is C68H94N2O14S2. The first-order chi connectivity index (χ1) is 40.5. The number of benzene rings is 2. The molecule has 6 heterocycles. The van der Waals surface area contributed by atoms with Gasteiger partial charge >= 0.3 is 23.9 Å². The predicted molar refractivity (Wildman–Crippen MR) is 333 cm³/mol. The van der Waals surface area contributed by atoms with Gasteiger partial charge in [0.15, 0.2) is 0 Å². The number of ketones is 2. The molecule has 4 aliphatic heterocycles. The van der Waals surface area contributed by atoms with Crippen LogP contribution in [-0.4, -0.2) is 103 Å². The molecule has 0 aliphatic carbocycles. The van der Waals surface area contributed by atoms with Gasteiger partial charge in [-0.05, 0) is 148 Å². The fourth-order valence-electron chi connectivity index (χ4n) is 12.7. The Labute approximate surface area is 516 Å². The van der Waals surface area contributed by atoms with Gasteiger partial charge in [0, 0.05) is 38.0 Å². The van der Waals surface area contributed by atoms with Gasteiger partial charge in [0.1, 0.15) is 36.0 Å². The molecule has 8 rings (SSSR count). The molecule has 0 radical (unpaired) electrons. The molecule has 0 spiro atoms. The van der Waals surface area contributed by atoms with Crippen molar-refractivity contribution >= 4 is 78.6 Å². The van der Waals surface area contributed by atoms with E-state index >= 15 is 0 Å². The van der Waals surface area contributed by atoms with E-state index in [2.05, 4.69) is 43.9 Å². The molecule has 0 unspecified atom stereocenters. The Morgan fingerprint density at radius 1 is 0.674 bits per heavy atom. The van der Waals surface area contributed by atoms with Crippen molar-refractivity contribution in [3.05, 3.63) is 82.9 Å². The molecular weight excluding hydrogens is 1130 g/mol. The van der Waals surface area contributed by atoms with Crippen molar-refractivity contribution in [1.82, 2.24) is 9.97 Å². The second-order valence-corrected chi connectivity index (χ2v) is 28.8. The van der Waals surface area contributed by atoms with Crippen molar-refractivity contribution < 1.29 is 67.4 Å². The second kappa shape index (κ2) is 28.9. The Hall–Kier alpha value is -5.24. The van der Waals surface area contributed by atoms with Gasteiger partial charge in [0.2, 0.25) is 0 Å². The summed E-state index contributed by atoms with van der Waals surface area (Å²) in [6.07, 6.45) is 6.15. The molecule has 2 aromatic carbocycles. The second-order valence-electron chi connectivity index (χ2n) is 26.3. The third-order valence-corrected chi connectivity index (χ3v) is 20.5. The predicted octanol–water partition coefficient (Wildman–Crippen LogP) is 13.6. The van der Waals surface area contributed by atoms with Gasteiger partial charge in [-0.15, -0.1) is 35.8 Å². The quantitative estimate of drug-likeness (QED) is 0.0441. The van der Waals surface area contributed by atoms with Gasteiger partial charge in [0.25, 0.3) is 0 Å². The summed E-state index contributed by atoms with van der Waals surface area (Å²) in [4.78, 5) is 89.8. The van der Waals surface area contributed by atoms with E-state index in [0.29, 0.717) is 19.3 Å². The lowest BCUT2D eigenvalue weighted by atomic mass is 9.71. The van der Waals surface area contributed by atoms with Gasteiger partial charge < -0.3 is 38.6 Å². The van der Waals surface area contributed by atoms with Crippen LogP contribution >= 0.6 is 22.7 Å². The fraction of sp³-hybridized carbons (Fsp3) is 0.647. The molecule has 2 aromatic heterocycles. The number of aromatic nitrogens is 2. The number of carbonyl (C=O) groups excluding carboxylic acids is 6. The number of epoxide rings is 2. The molecule has 0 bridgehead atoms. The molecule has 16 nitrogen and oxygen atoms in total. The summed E-state index contributed by atoms with van der Waals surface area (Å²) < 4.78 is 38.2. The third kappa shape index (κ3) is 16.9. The first-order valence-corrected chi connectivity index (χ1v) is 32.7. The molecule has 2 N–H and O–H groups in total. The van der Waals surface area contributed by atoms with E-state index in [1.165, 1.54) is 6.92 Å². The van der Waals surface area contributed by atoms with E-state index in [4.69, 9.17) is 28.4 Å². The number of rotatable bonds is 12. The summed E-state index contributed by atoms with van der Waals surface area (Å²) in [6, 6.07) is 11.8. The zero-order valence-corrected chi connectivity index (χ0v) is 54.4. The van der Waals surface area contributed by atoms with Gasteiger partial charge in [-0.25, -0.2) is 9.97 Å². The third-order valence-electron chi connectivity index (χ3n) is 18.6. The highest BCUT2D eigenvalue weighted by Crippen LogP contribution is 2.49. The number of hydrogen-bond donors (Lipinski definition) is 2. The average Bonchev–Trinajstić information content (AvgIpc) is 1.74. The molecule has 0 saturated carbocycles. The number of cyclic esters (lactones) is 2. The van der Waals surface area contributed by atoms with Crippen LogP contribution in [0.5, 0.6) is 0 Å². The van der Waals surface area contributed by atoms with Gasteiger partial charge in [-0.3, -0.25) is 28.8 Å². The number of thiazole rings is 2. The van der Waals surface area contributed by atoms with Gasteiger partial charge in [-0.1, -0.05) is 70.7 Å². The van der Waals surface area contributed by atoms with Crippen LogP contribution in [0.2, 0.25) is 0 Å². The van der Waals surface area contributed by atoms with Crippen LogP contribution in [0, 0.1) is 48.3 Å². The first-order valence-electron chi connectivity index (χ1n) is 31.1. The monoisotopic (exact) mass is 1230 g/mol. The zero-order valence-electron chi connectivity index (χ0n) is 52.8. The summed E-state index contributed by atoms with van der Waals surface area (Å²) >= 11 is 3.22. The number of aliphatic hydroxyl groups excluding tert-OH is 2. The summed E-state index contributed by atoms with van der Waals surface area (Å²) in [5, 5.41) is 24.6. The summed E-state index contributed by atoms with van der Waals surface area (Å²) in [5.74, 6) is -4.53. The lowest BCUT2D eigenvalue weighted by Gasteiger charge is -2.37. The van der Waals surface area contributed by atoms with Crippen LogP contribution < -0.4 is 0 Å². The minimum absolute atomic E-state index is 0.0999. The minimum atomic E-state index is -1.27. The minimum Gasteiger partial charge on any atom is -0.461 e. The molecule has 4 aliphatic rings. The maximum absolute atomic E-state index is 14.2. The van der Waals surface area contributed by atoms with E-state index < -0.39 is 83.2 Å². The standard InChI is InChI=1S/C36H51NO7S.C32H43NO7S/c1-8-10-11-15-31(38)43-29-21-32(39)42-27(24-16-17-28-26(19-24)37-23(4)45-28)20-30-36(7,44-30)18-12-14-22(3)33(40)25(13-9-2)34(41)35(29,5)6;1-8-10-22-29(36)18(2)11-9-14-32(7)27(40-32)16-24(21-12-13-25-23(15-21)33-19(3)41-25)39-28(35)17-26(38-20(4)34)31(5,6)30(22)37/h9,16-17,19,22,25,27,29-30,33,40H,2,8,10-15,18,20-21H2,1,3-7H3;8,12-13,15,18,22,24,26-27,29,36H,1,9-11,14,16-17H2,2-7H3/t22-,25+,27-,29-,30-,33-,36+;18-,22+,24-,26-,27-,29-,32+/m01/s1. The van der Waals surface area contributed by atoms with Crippen LogP contribution in [-0.2, 0) is 57.2 Å². The summed E-state index contributed by atoms with van der Waals surface area (Å²) in [7, 11) is 0. The Morgan fingerprint density at radius 2 is 1.09 bits per heavy atom. The number of aliphatic hydroxyl groups is 2. The van der Waals surface area contributed by atoms with Crippen LogP contribution in [0.4, 0.5) is 0 Å². The van der Waals surface area contributed by atoms with Crippen LogP contribution in [0.3, 0.4) is 0 Å². The van der Waals surface area contributed by atoms with E-state index in [1.807, 2.05) is 64.1 Å². The highest BCUT2D eigenvalue weighted by atomic mass is 32.1. The van der Waals surface area contributed by atoms with E-state index in [-0.39, 0.29) is 78.9 Å². The number of ether oxygens (including phenoxy) is 6. The van der Waals surface area contributed by atoms with Crippen molar-refractivity contribution in [3.8, 4) is 0 Å². The molecule has 472 valence electrons. The SMILES string of the molecule is C=CC[C@@H]1C(=O)C(C)(C)[C@H](OC(C)=O)CC(=O)O[C@@H](c2ccc3sc(C)nc3c2)C[C@H]2O[C@@]2(C)CCC[C@@H](C)[C@H]1O.C=CC[C@H]1C(=O)C(C)(C)[C@@H](OC(=O)CCCCC)CC(=O)O[C@H](c2ccc3sc(C)nc3c2)C[C@@H]2O[C@]2(C)CCC[C@H](C)[C@@H]1O. The number of Topliss-reactive ketones (excluding diaryl/α,β-unsaturated/α-hetero) is 2. The maximum Gasteiger partial charge on any atom is 0.310 e. The maximum atomic E-state index is 14.2. The number of hydrogen-bond acceptors (Lipinski definition) is 18. The van der Waals surface area contributed by atoms with E-state index in [1.54, 1.807) is 62.5 Å². The van der Waals surface area contributed by atoms with Gasteiger partial charge in [-0.2, -0.15) is 0 Å². The number of esters is 4. The number of aryl methyl sites for hydroxylation is 2. The van der Waals surface area contributed by atoms with Crippen LogP contribution in [0.15, 0.2) is 61.7 Å². The Balaban J connectivity index is 0.000000247. The highest BCUT2D eigenvalue weighted by molar-refractivity contribution is 7.18. The van der Waals surface area contributed by atoms with Crippen molar-refractivity contribution in [2.75, 3.05) is 0 Å². The first kappa shape index (κ1) is 68.3. The number of nitrogens with zero attached hydrogens (tertiary/aromatic N) is 2. The number of carbonyl (C=O) groups is 6. The molecule has 86 heavy (non-hydrogen) atoms. The molecule has 4 saturated heterocycles. The van der Waals surface area contributed by atoms with Gasteiger partial charge in [0.05, 0.1) is 89.7 Å². The lowest BCUT2D eigenvalue weighted by molar-refractivity contribution is -0.170. The zero-order chi connectivity index (χ0) is 63.1. The smallest absolute Gasteiger partial charge is 0.310 e. The van der Waals surface area contributed by atoms with Crippen molar-refractivity contribution in [1.29, 1.82) is 0 Å². The Kier molecular flexibility index (Phi) is 23.0. The van der Waals surface area contributed by atoms with Crippen molar-refractivity contribution in [2.45, 2.75) is 246 Å². The number of fused-ring (bicyclic) bond motifs is 4. The molecule has 18 heteroatoms. The molecule has 0 amide bonds. The van der Waals surface area contributed by atoms with Crippen molar-refractivity contribution in [2.24, 2.45) is 34.5 Å². The molecule has 4 aromatic rings. The average molecular weight is 1230 g/mol. The van der Waals surface area contributed by atoms with Crippen LogP contribution in [0.25, 0.3) is 20.4 Å². The number of unbranched alkanes of at least 4 members (excludes halogenated alkanes) is 2. The molecule has 4 fully saturated rings. The Bertz CT molecular complexity index is 3070. The topological polar surface area (TPSA) is 231 Å². The van der Waals surface area contributed by atoms with E-state index in [9.17, 15) is 39.0 Å². The molecule has 14 atom stereocenters. The number of allylic oxidation sites excluding steroid dienone is 2. The van der Waals surface area contributed by atoms with E-state index in [0.717, 1.165) is 92.9 Å². The summed E-state index contributed by atoms with van der Waals surface area (Å²) in [5.41, 5.74) is 0.0939. The Morgan fingerprint density at radius 3 is 1.49 bits per heavy atom. The highest BCUT2D eigenvalue weighted by Gasteiger charge is 2.55. The largest absolute Gasteiger partial charge is 0.461 e. The fourth-order valence-corrected chi connectivity index (χ4v) is 14.3. The summed E-state index contributed by atoms with van der Waals surface area (Å²) in [6.45, 7) is 29.6. The lowest BCUT2D eigenvalue weighted by Crippen LogP contribution is -2.48. The van der Waals surface area contributed by atoms with Crippen molar-refractivity contribution in [3.63, 3.8) is 0 Å².